The second-order valence-corrected chi connectivity index (χ2v) is 11.9. The first kappa shape index (κ1) is 27.0. The molecule has 0 saturated heterocycles. The molecule has 3 nitrogen and oxygen atoms in total. The highest BCUT2D eigenvalue weighted by atomic mass is 15.0. The third kappa shape index (κ3) is 4.77. The van der Waals surface area contributed by atoms with Gasteiger partial charge in [0.25, 0.3) is 0 Å². The molecule has 0 amide bonds. The standard InChI is InChI=1S/C44H29N3/c1-2-11-31(12-3-1)43-44(47-24-9-8-18-42(47)46-43)32-21-19-30(20-22-32)35-25-36(34-14-10-23-45-29-34)27-37(26-35)41-28-33-13-4-5-15-38(33)39-16-6-7-17-40(39)41/h1-29H. The lowest BCUT2D eigenvalue weighted by Crippen LogP contribution is -1.91. The summed E-state index contributed by atoms with van der Waals surface area (Å²) < 4.78 is 2.18. The molecule has 220 valence electrons. The SMILES string of the molecule is c1ccc(-c2nc3ccccn3c2-c2ccc(-c3cc(-c4cccnc4)cc(-c4cc5ccccc5c5ccccc45)c3)cc2)cc1. The van der Waals surface area contributed by atoms with Crippen molar-refractivity contribution in [3.05, 3.63) is 176 Å². The minimum Gasteiger partial charge on any atom is -0.299 e. The average molecular weight is 600 g/mol. The summed E-state index contributed by atoms with van der Waals surface area (Å²) in [7, 11) is 0. The minimum atomic E-state index is 0.932. The summed E-state index contributed by atoms with van der Waals surface area (Å²) in [6.45, 7) is 0. The van der Waals surface area contributed by atoms with Crippen molar-refractivity contribution >= 4 is 27.2 Å². The van der Waals surface area contributed by atoms with Gasteiger partial charge in [0.15, 0.2) is 0 Å². The Kier molecular flexibility index (Phi) is 6.46. The number of nitrogens with zero attached hydrogens (tertiary/aromatic N) is 3. The van der Waals surface area contributed by atoms with Crippen molar-refractivity contribution in [2.24, 2.45) is 0 Å². The van der Waals surface area contributed by atoms with Crippen molar-refractivity contribution < 1.29 is 0 Å². The second kappa shape index (κ2) is 11.2. The topological polar surface area (TPSA) is 30.2 Å². The molecule has 9 aromatic rings. The van der Waals surface area contributed by atoms with Gasteiger partial charge in [0, 0.05) is 35.3 Å². The van der Waals surface area contributed by atoms with Gasteiger partial charge < -0.3 is 0 Å². The Morgan fingerprint density at radius 3 is 1.89 bits per heavy atom. The first-order valence-corrected chi connectivity index (χ1v) is 15.9. The lowest BCUT2D eigenvalue weighted by atomic mass is 9.89. The van der Waals surface area contributed by atoms with Crippen molar-refractivity contribution in [2.45, 2.75) is 0 Å². The van der Waals surface area contributed by atoms with E-state index in [1.807, 2.05) is 30.6 Å². The van der Waals surface area contributed by atoms with E-state index in [2.05, 4.69) is 155 Å². The highest BCUT2D eigenvalue weighted by Crippen LogP contribution is 2.40. The van der Waals surface area contributed by atoms with E-state index in [-0.39, 0.29) is 0 Å². The Morgan fingerprint density at radius 2 is 1.09 bits per heavy atom. The molecule has 0 N–H and O–H groups in total. The van der Waals surface area contributed by atoms with E-state index in [1.165, 1.54) is 32.7 Å². The number of rotatable bonds is 5. The molecule has 0 aliphatic carbocycles. The van der Waals surface area contributed by atoms with Crippen molar-refractivity contribution in [2.75, 3.05) is 0 Å². The number of hydrogen-bond donors (Lipinski definition) is 0. The number of fused-ring (bicyclic) bond motifs is 4. The van der Waals surface area contributed by atoms with Crippen LogP contribution in [0.25, 0.3) is 83.1 Å². The molecular weight excluding hydrogens is 571 g/mol. The van der Waals surface area contributed by atoms with Gasteiger partial charge in [-0.05, 0) is 91.8 Å². The largest absolute Gasteiger partial charge is 0.299 e. The van der Waals surface area contributed by atoms with Gasteiger partial charge >= 0.3 is 0 Å². The normalized spacial score (nSPS) is 11.4. The summed E-state index contributed by atoms with van der Waals surface area (Å²) in [6, 6.07) is 56.3. The first-order chi connectivity index (χ1) is 23.3. The van der Waals surface area contributed by atoms with E-state index in [0.717, 1.165) is 50.4 Å². The molecular formula is C44H29N3. The Bertz CT molecular complexity index is 2550. The Balaban J connectivity index is 1.22. The maximum Gasteiger partial charge on any atom is 0.137 e. The van der Waals surface area contributed by atoms with E-state index < -0.39 is 0 Å². The van der Waals surface area contributed by atoms with Crippen LogP contribution < -0.4 is 0 Å². The van der Waals surface area contributed by atoms with Crippen LogP contribution in [-0.2, 0) is 0 Å². The molecule has 6 aromatic carbocycles. The third-order valence-corrected chi connectivity index (χ3v) is 9.08. The third-order valence-electron chi connectivity index (χ3n) is 9.08. The smallest absolute Gasteiger partial charge is 0.137 e. The van der Waals surface area contributed by atoms with E-state index >= 15 is 0 Å². The van der Waals surface area contributed by atoms with Crippen molar-refractivity contribution in [1.29, 1.82) is 0 Å². The lowest BCUT2D eigenvalue weighted by Gasteiger charge is -2.15. The van der Waals surface area contributed by atoms with Crippen LogP contribution in [0.15, 0.2) is 176 Å². The van der Waals surface area contributed by atoms with Gasteiger partial charge in [-0.2, -0.15) is 0 Å². The van der Waals surface area contributed by atoms with Crippen molar-refractivity contribution in [3.8, 4) is 55.9 Å². The zero-order valence-electron chi connectivity index (χ0n) is 25.6. The maximum absolute atomic E-state index is 5.03. The molecule has 0 radical (unpaired) electrons. The molecule has 0 aliphatic rings. The molecule has 0 bridgehead atoms. The maximum atomic E-state index is 5.03. The van der Waals surface area contributed by atoms with Crippen LogP contribution in [0.1, 0.15) is 0 Å². The van der Waals surface area contributed by atoms with Crippen molar-refractivity contribution in [3.63, 3.8) is 0 Å². The second-order valence-electron chi connectivity index (χ2n) is 11.9. The van der Waals surface area contributed by atoms with Gasteiger partial charge in [0.2, 0.25) is 0 Å². The van der Waals surface area contributed by atoms with Crippen LogP contribution in [0.2, 0.25) is 0 Å². The van der Waals surface area contributed by atoms with Gasteiger partial charge in [-0.1, -0.05) is 115 Å². The van der Waals surface area contributed by atoms with Gasteiger partial charge in [-0.15, -0.1) is 0 Å². The fraction of sp³-hybridized carbons (Fsp3) is 0. The average Bonchev–Trinajstić information content (AvgIpc) is 3.55. The molecule has 0 spiro atoms. The monoisotopic (exact) mass is 599 g/mol. The Hall–Kier alpha value is -6.32. The van der Waals surface area contributed by atoms with Gasteiger partial charge in [0.1, 0.15) is 5.65 Å². The molecule has 3 heterocycles. The van der Waals surface area contributed by atoms with E-state index in [0.29, 0.717) is 0 Å². The van der Waals surface area contributed by atoms with Crippen LogP contribution in [0, 0.1) is 0 Å². The summed E-state index contributed by atoms with van der Waals surface area (Å²) in [5.41, 5.74) is 12.2. The molecule has 9 rings (SSSR count). The molecule has 3 aromatic heterocycles. The zero-order chi connectivity index (χ0) is 31.2. The summed E-state index contributed by atoms with van der Waals surface area (Å²) in [5, 5.41) is 5.02. The number of pyridine rings is 2. The molecule has 0 saturated carbocycles. The van der Waals surface area contributed by atoms with Gasteiger partial charge in [-0.3, -0.25) is 9.38 Å². The summed E-state index contributed by atoms with van der Waals surface area (Å²) in [4.78, 5) is 9.48. The number of aromatic nitrogens is 3. The van der Waals surface area contributed by atoms with Crippen LogP contribution in [0.5, 0.6) is 0 Å². The lowest BCUT2D eigenvalue weighted by molar-refractivity contribution is 1.19. The fourth-order valence-corrected chi connectivity index (χ4v) is 6.83. The van der Waals surface area contributed by atoms with E-state index in [9.17, 15) is 0 Å². The molecule has 0 aliphatic heterocycles. The number of benzene rings is 6. The van der Waals surface area contributed by atoms with Crippen LogP contribution in [0.3, 0.4) is 0 Å². The minimum absolute atomic E-state index is 0.932. The quantitative estimate of drug-likeness (QED) is 0.184. The van der Waals surface area contributed by atoms with Crippen LogP contribution in [0.4, 0.5) is 0 Å². The molecule has 0 unspecified atom stereocenters. The first-order valence-electron chi connectivity index (χ1n) is 15.9. The predicted molar refractivity (Wildman–Crippen MR) is 195 cm³/mol. The summed E-state index contributed by atoms with van der Waals surface area (Å²) in [6.07, 6.45) is 5.86. The van der Waals surface area contributed by atoms with E-state index in [1.54, 1.807) is 0 Å². The fourth-order valence-electron chi connectivity index (χ4n) is 6.83. The highest BCUT2D eigenvalue weighted by molar-refractivity contribution is 6.14. The van der Waals surface area contributed by atoms with Crippen LogP contribution >= 0.6 is 0 Å². The summed E-state index contributed by atoms with van der Waals surface area (Å²) in [5.74, 6) is 0. The van der Waals surface area contributed by atoms with Gasteiger partial charge in [0.05, 0.1) is 11.4 Å². The Morgan fingerprint density at radius 1 is 0.426 bits per heavy atom. The molecule has 0 atom stereocenters. The zero-order valence-corrected chi connectivity index (χ0v) is 25.6. The highest BCUT2D eigenvalue weighted by Gasteiger charge is 2.17. The molecule has 0 fully saturated rings. The molecule has 47 heavy (non-hydrogen) atoms. The van der Waals surface area contributed by atoms with E-state index in [4.69, 9.17) is 4.98 Å². The van der Waals surface area contributed by atoms with Gasteiger partial charge in [-0.25, -0.2) is 4.98 Å². The Labute approximate surface area is 273 Å². The predicted octanol–water partition coefficient (Wildman–Crippen LogP) is 11.4. The number of hydrogen-bond acceptors (Lipinski definition) is 2. The van der Waals surface area contributed by atoms with Crippen LogP contribution in [-0.4, -0.2) is 14.4 Å². The molecule has 3 heteroatoms. The van der Waals surface area contributed by atoms with Crippen molar-refractivity contribution in [1.82, 2.24) is 14.4 Å². The number of imidazole rings is 1. The summed E-state index contributed by atoms with van der Waals surface area (Å²) >= 11 is 0.